The maximum atomic E-state index is 13.2. The number of aromatic nitrogens is 5. The van der Waals surface area contributed by atoms with E-state index in [1.807, 2.05) is 30.3 Å². The lowest BCUT2D eigenvalue weighted by atomic mass is 10.2. The molecule has 2 heterocycles. The van der Waals surface area contributed by atoms with Crippen LogP contribution in [0.15, 0.2) is 59.7 Å². The molecule has 1 amide bonds. The number of carbonyl (C=O) groups is 1. The number of rotatable bonds is 5. The maximum Gasteiger partial charge on any atom is 0.283 e. The van der Waals surface area contributed by atoms with Gasteiger partial charge in [0.25, 0.3) is 5.56 Å². The van der Waals surface area contributed by atoms with Crippen molar-refractivity contribution >= 4 is 34.4 Å². The Balaban J connectivity index is 1.54. The van der Waals surface area contributed by atoms with E-state index < -0.39 is 17.3 Å². The van der Waals surface area contributed by atoms with E-state index in [1.54, 1.807) is 0 Å². The summed E-state index contributed by atoms with van der Waals surface area (Å²) in [7, 11) is 0. The van der Waals surface area contributed by atoms with Gasteiger partial charge in [-0.25, -0.2) is 14.1 Å². The second-order valence-electron chi connectivity index (χ2n) is 6.26. The molecule has 8 nitrogen and oxygen atoms in total. The summed E-state index contributed by atoms with van der Waals surface area (Å²) < 4.78 is 15.9. The number of nitrogens with zero attached hydrogens (tertiary/aromatic N) is 5. The molecule has 0 bridgehead atoms. The number of hydrogen-bond donors (Lipinski definition) is 1. The van der Waals surface area contributed by atoms with Crippen LogP contribution in [0.4, 0.5) is 10.1 Å². The number of amides is 1. The predicted octanol–water partition coefficient (Wildman–Crippen LogP) is 2.47. The number of nitrogens with one attached hydrogen (secondary N) is 1. The van der Waals surface area contributed by atoms with Gasteiger partial charge in [0, 0.05) is 5.69 Å². The third-order valence-electron chi connectivity index (χ3n) is 4.18. The van der Waals surface area contributed by atoms with Crippen molar-refractivity contribution in [2.75, 3.05) is 5.32 Å². The van der Waals surface area contributed by atoms with Crippen molar-refractivity contribution in [2.24, 2.45) is 0 Å². The molecule has 1 N–H and O–H groups in total. The number of hydrogen-bond acceptors (Lipinski definition) is 5. The summed E-state index contributed by atoms with van der Waals surface area (Å²) in [4.78, 5) is 29.1. The van der Waals surface area contributed by atoms with Crippen molar-refractivity contribution in [3.05, 3.63) is 81.6 Å². The first-order valence-electron chi connectivity index (χ1n) is 8.59. The molecule has 0 atom stereocenters. The van der Waals surface area contributed by atoms with Crippen LogP contribution in [0, 0.1) is 5.82 Å². The van der Waals surface area contributed by atoms with Crippen molar-refractivity contribution in [1.29, 1.82) is 0 Å². The highest BCUT2D eigenvalue weighted by Crippen LogP contribution is 2.19. The largest absolute Gasteiger partial charge is 0.324 e. The maximum absolute atomic E-state index is 13.2. The van der Waals surface area contributed by atoms with Crippen molar-refractivity contribution in [1.82, 2.24) is 24.5 Å². The fourth-order valence-corrected chi connectivity index (χ4v) is 2.97. The highest BCUT2D eigenvalue weighted by molar-refractivity contribution is 6.31. The first-order chi connectivity index (χ1) is 14.0. The lowest BCUT2D eigenvalue weighted by molar-refractivity contribution is -0.116. The van der Waals surface area contributed by atoms with E-state index in [0.717, 1.165) is 16.2 Å². The average molecular weight is 413 g/mol. The Morgan fingerprint density at radius 1 is 1.17 bits per heavy atom. The topological polar surface area (TPSA) is 94.7 Å². The third-order valence-corrected chi connectivity index (χ3v) is 4.47. The van der Waals surface area contributed by atoms with Crippen LogP contribution in [0.25, 0.3) is 11.2 Å². The minimum atomic E-state index is -0.589. The molecule has 2 aromatic heterocycles. The van der Waals surface area contributed by atoms with Gasteiger partial charge in [0.1, 0.15) is 18.7 Å². The molecule has 146 valence electrons. The van der Waals surface area contributed by atoms with E-state index in [9.17, 15) is 14.0 Å². The molecule has 29 heavy (non-hydrogen) atoms. The zero-order valence-corrected chi connectivity index (χ0v) is 15.7. The van der Waals surface area contributed by atoms with Crippen LogP contribution >= 0.6 is 11.6 Å². The summed E-state index contributed by atoms with van der Waals surface area (Å²) in [5, 5.41) is 10.4. The van der Waals surface area contributed by atoms with Gasteiger partial charge >= 0.3 is 0 Å². The predicted molar refractivity (Wildman–Crippen MR) is 105 cm³/mol. The summed E-state index contributed by atoms with van der Waals surface area (Å²) in [5.41, 5.74) is 1.23. The lowest BCUT2D eigenvalue weighted by Gasteiger charge is -2.08. The van der Waals surface area contributed by atoms with Gasteiger partial charge in [-0.05, 0) is 23.8 Å². The van der Waals surface area contributed by atoms with Crippen LogP contribution in [-0.2, 0) is 17.9 Å². The minimum Gasteiger partial charge on any atom is -0.324 e. The van der Waals surface area contributed by atoms with Crippen molar-refractivity contribution < 1.29 is 9.18 Å². The average Bonchev–Trinajstić information content (AvgIpc) is 3.11. The molecule has 10 heteroatoms. The molecule has 0 saturated carbocycles. The van der Waals surface area contributed by atoms with Gasteiger partial charge in [-0.2, -0.15) is 0 Å². The molecule has 0 unspecified atom stereocenters. The standard InChI is InChI=1S/C19H14ClFN6O2/c20-14-8-13(6-7-15(14)21)23-16(28)10-26-11-22-18-17(19(26)29)24-25-27(18)9-12-4-2-1-3-5-12/h1-8,11H,9-10H2,(H,23,28). The summed E-state index contributed by atoms with van der Waals surface area (Å²) in [5.74, 6) is -1.08. The fraction of sp³-hybridized carbons (Fsp3) is 0.105. The van der Waals surface area contributed by atoms with Gasteiger partial charge in [0.2, 0.25) is 5.91 Å². The van der Waals surface area contributed by atoms with Gasteiger partial charge in [-0.15, -0.1) is 5.10 Å². The Labute approximate surface area is 168 Å². The normalized spacial score (nSPS) is 11.0. The molecule has 0 fully saturated rings. The highest BCUT2D eigenvalue weighted by Gasteiger charge is 2.14. The van der Waals surface area contributed by atoms with E-state index in [1.165, 1.54) is 23.1 Å². The third kappa shape index (κ3) is 3.99. The molecule has 0 aliphatic carbocycles. The zero-order valence-electron chi connectivity index (χ0n) is 14.9. The van der Waals surface area contributed by atoms with Gasteiger partial charge in [-0.3, -0.25) is 14.2 Å². The van der Waals surface area contributed by atoms with Crippen molar-refractivity contribution in [3.63, 3.8) is 0 Å². The summed E-state index contributed by atoms with van der Waals surface area (Å²) in [6.45, 7) is 0.127. The SMILES string of the molecule is O=C(Cn1cnc2c(nnn2Cc2ccccc2)c1=O)Nc1ccc(F)c(Cl)c1. The van der Waals surface area contributed by atoms with E-state index in [0.29, 0.717) is 17.9 Å². The second-order valence-corrected chi connectivity index (χ2v) is 6.67. The summed E-state index contributed by atoms with van der Waals surface area (Å²) in [6.07, 6.45) is 1.27. The van der Waals surface area contributed by atoms with Gasteiger partial charge in [-0.1, -0.05) is 47.1 Å². The Hall–Kier alpha value is -3.59. The second kappa shape index (κ2) is 7.80. The Morgan fingerprint density at radius 3 is 2.72 bits per heavy atom. The fourth-order valence-electron chi connectivity index (χ4n) is 2.79. The Morgan fingerprint density at radius 2 is 1.97 bits per heavy atom. The quantitative estimate of drug-likeness (QED) is 0.543. The zero-order chi connectivity index (χ0) is 20.4. The van der Waals surface area contributed by atoms with Gasteiger partial charge in [0.15, 0.2) is 11.2 Å². The van der Waals surface area contributed by atoms with E-state index >= 15 is 0 Å². The van der Waals surface area contributed by atoms with E-state index in [-0.39, 0.29) is 17.1 Å². The van der Waals surface area contributed by atoms with Gasteiger partial charge in [0.05, 0.1) is 11.6 Å². The molecule has 0 spiro atoms. The molecule has 0 aliphatic rings. The number of carbonyl (C=O) groups excluding carboxylic acids is 1. The van der Waals surface area contributed by atoms with E-state index in [2.05, 4.69) is 20.6 Å². The monoisotopic (exact) mass is 412 g/mol. The molecule has 4 aromatic rings. The Kier molecular flexibility index (Phi) is 5.05. The summed E-state index contributed by atoms with van der Waals surface area (Å²) >= 11 is 5.70. The van der Waals surface area contributed by atoms with Crippen molar-refractivity contribution in [3.8, 4) is 0 Å². The molecule has 0 saturated heterocycles. The van der Waals surface area contributed by atoms with Crippen LogP contribution in [0.1, 0.15) is 5.56 Å². The molecule has 2 aromatic carbocycles. The molecular weight excluding hydrogens is 399 g/mol. The molecule has 4 rings (SSSR count). The number of benzene rings is 2. The number of anilines is 1. The van der Waals surface area contributed by atoms with Crippen molar-refractivity contribution in [2.45, 2.75) is 13.1 Å². The minimum absolute atomic E-state index is 0.0704. The van der Waals surface area contributed by atoms with Crippen LogP contribution in [-0.4, -0.2) is 30.5 Å². The molecule has 0 aliphatic heterocycles. The van der Waals surface area contributed by atoms with Crippen LogP contribution in [0.2, 0.25) is 5.02 Å². The first kappa shape index (κ1) is 18.8. The summed E-state index contributed by atoms with van der Waals surface area (Å²) in [6, 6.07) is 13.4. The van der Waals surface area contributed by atoms with Gasteiger partial charge < -0.3 is 5.32 Å². The highest BCUT2D eigenvalue weighted by atomic mass is 35.5. The van der Waals surface area contributed by atoms with E-state index in [4.69, 9.17) is 11.6 Å². The molecule has 0 radical (unpaired) electrons. The first-order valence-corrected chi connectivity index (χ1v) is 8.96. The Bertz CT molecular complexity index is 1250. The smallest absolute Gasteiger partial charge is 0.283 e. The van der Waals surface area contributed by atoms with Crippen LogP contribution in [0.3, 0.4) is 0 Å². The number of fused-ring (bicyclic) bond motifs is 1. The van der Waals surface area contributed by atoms with Crippen LogP contribution < -0.4 is 10.9 Å². The van der Waals surface area contributed by atoms with Crippen LogP contribution in [0.5, 0.6) is 0 Å². The molecular formula is C19H14ClFN6O2. The lowest BCUT2D eigenvalue weighted by Crippen LogP contribution is -2.28. The number of halogens is 2.